The molecular weight excluding hydrogens is 272 g/mol. The van der Waals surface area contributed by atoms with Gasteiger partial charge in [0.1, 0.15) is 0 Å². The van der Waals surface area contributed by atoms with Crippen molar-refractivity contribution in [1.29, 1.82) is 0 Å². The Morgan fingerprint density at radius 2 is 1.14 bits per heavy atom. The summed E-state index contributed by atoms with van der Waals surface area (Å²) in [6.07, 6.45) is 1.15. The lowest BCUT2D eigenvalue weighted by Crippen LogP contribution is -2.39. The summed E-state index contributed by atoms with van der Waals surface area (Å²) in [7, 11) is -1.62. The smallest absolute Gasteiger partial charge is 0.187 e. The van der Waals surface area contributed by atoms with E-state index >= 15 is 0 Å². The molecule has 1 rings (SSSR count). The van der Waals surface area contributed by atoms with Gasteiger partial charge >= 0.3 is 0 Å². The Morgan fingerprint density at radius 3 is 1.52 bits per heavy atom. The molecular formula is C19H34OSi. The molecule has 0 bridgehead atoms. The molecule has 2 heteroatoms. The molecule has 0 heterocycles. The van der Waals surface area contributed by atoms with E-state index in [1.54, 1.807) is 5.56 Å². The highest BCUT2D eigenvalue weighted by Crippen LogP contribution is 2.29. The van der Waals surface area contributed by atoms with Crippen LogP contribution < -0.4 is 0 Å². The van der Waals surface area contributed by atoms with Crippen LogP contribution in [0.4, 0.5) is 0 Å². The van der Waals surface area contributed by atoms with E-state index in [2.05, 4.69) is 68.5 Å². The molecule has 0 amide bonds. The molecule has 0 fully saturated rings. The monoisotopic (exact) mass is 306 g/mol. The van der Waals surface area contributed by atoms with E-state index in [0.29, 0.717) is 0 Å². The molecule has 1 aromatic rings. The summed E-state index contributed by atoms with van der Waals surface area (Å²) in [4.78, 5) is 0. The fourth-order valence-electron chi connectivity index (χ4n) is 3.26. The van der Waals surface area contributed by atoms with Gasteiger partial charge in [0, 0.05) is 5.60 Å². The maximum Gasteiger partial charge on any atom is 0.187 e. The molecule has 1 aromatic carbocycles. The van der Waals surface area contributed by atoms with Crippen molar-refractivity contribution in [3.05, 3.63) is 33.4 Å². The van der Waals surface area contributed by atoms with Gasteiger partial charge < -0.3 is 4.43 Å². The van der Waals surface area contributed by atoms with Crippen LogP contribution in [-0.2, 0) is 10.8 Å². The van der Waals surface area contributed by atoms with E-state index in [1.807, 2.05) is 0 Å². The number of rotatable bonds is 4. The van der Waals surface area contributed by atoms with Crippen LogP contribution >= 0.6 is 0 Å². The zero-order chi connectivity index (χ0) is 16.6. The Hall–Kier alpha value is -0.603. The predicted octanol–water partition coefficient (Wildman–Crippen LogP) is 5.79. The Bertz CT molecular complexity index is 492. The number of hydrogen-bond donors (Lipinski definition) is 0. The summed E-state index contributed by atoms with van der Waals surface area (Å²) in [6, 6.07) is 1.19. The molecule has 0 N–H and O–H groups in total. The first-order chi connectivity index (χ1) is 9.36. The molecule has 0 aliphatic rings. The molecule has 0 spiro atoms. The summed E-state index contributed by atoms with van der Waals surface area (Å²) >= 11 is 0. The molecule has 0 saturated heterocycles. The van der Waals surface area contributed by atoms with Crippen molar-refractivity contribution in [2.75, 3.05) is 0 Å². The quantitative estimate of drug-likeness (QED) is 0.640. The topological polar surface area (TPSA) is 9.23 Å². The van der Waals surface area contributed by atoms with Crippen molar-refractivity contribution in [2.45, 2.75) is 86.5 Å². The van der Waals surface area contributed by atoms with Gasteiger partial charge in [0.05, 0.1) is 0 Å². The molecule has 120 valence electrons. The molecule has 0 unspecified atom stereocenters. The van der Waals surface area contributed by atoms with Gasteiger partial charge in [0.2, 0.25) is 0 Å². The van der Waals surface area contributed by atoms with Gasteiger partial charge in [-0.25, -0.2) is 0 Å². The average Bonchev–Trinajstić information content (AvgIpc) is 2.31. The van der Waals surface area contributed by atoms with E-state index in [-0.39, 0.29) is 5.60 Å². The lowest BCUT2D eigenvalue weighted by Gasteiger charge is -2.33. The molecule has 0 radical (unpaired) electrons. The Kier molecular flexibility index (Phi) is 5.49. The number of hydrogen-bond acceptors (Lipinski definition) is 1. The van der Waals surface area contributed by atoms with Crippen molar-refractivity contribution >= 4 is 8.32 Å². The second kappa shape index (κ2) is 6.25. The SMILES string of the molecule is Cc1c(C)c(C)c(CC[Si](C)(C)OC(C)(C)C)c(C)c1C. The molecule has 0 atom stereocenters. The van der Waals surface area contributed by atoms with Crippen LogP contribution in [0, 0.1) is 34.6 Å². The fraction of sp³-hybridized carbons (Fsp3) is 0.684. The second-order valence-electron chi connectivity index (χ2n) is 8.08. The zero-order valence-corrected chi connectivity index (χ0v) is 16.8. The van der Waals surface area contributed by atoms with Gasteiger partial charge in [-0.1, -0.05) is 0 Å². The zero-order valence-electron chi connectivity index (χ0n) is 15.8. The van der Waals surface area contributed by atoms with Crippen molar-refractivity contribution in [3.63, 3.8) is 0 Å². The van der Waals surface area contributed by atoms with Crippen LogP contribution in [0.2, 0.25) is 19.1 Å². The first-order valence-corrected chi connectivity index (χ1v) is 11.2. The summed E-state index contributed by atoms with van der Waals surface area (Å²) < 4.78 is 6.35. The van der Waals surface area contributed by atoms with E-state index in [0.717, 1.165) is 6.42 Å². The second-order valence-corrected chi connectivity index (χ2v) is 12.3. The Labute approximate surface area is 133 Å². The molecule has 21 heavy (non-hydrogen) atoms. The van der Waals surface area contributed by atoms with Crippen LogP contribution in [0.3, 0.4) is 0 Å². The van der Waals surface area contributed by atoms with Gasteiger partial charge in [-0.05, 0) is 114 Å². The van der Waals surface area contributed by atoms with E-state index in [1.165, 1.54) is 33.9 Å². The van der Waals surface area contributed by atoms with Crippen molar-refractivity contribution in [1.82, 2.24) is 0 Å². The highest BCUT2D eigenvalue weighted by atomic mass is 28.4. The largest absolute Gasteiger partial charge is 0.413 e. The van der Waals surface area contributed by atoms with E-state index < -0.39 is 8.32 Å². The lowest BCUT2D eigenvalue weighted by atomic mass is 9.88. The molecule has 1 nitrogen and oxygen atoms in total. The van der Waals surface area contributed by atoms with Crippen molar-refractivity contribution in [2.24, 2.45) is 0 Å². The van der Waals surface area contributed by atoms with Crippen LogP contribution in [0.15, 0.2) is 0 Å². The molecule has 0 aromatic heterocycles. The van der Waals surface area contributed by atoms with Crippen LogP contribution in [0.5, 0.6) is 0 Å². The normalized spacial score (nSPS) is 12.9. The maximum absolute atomic E-state index is 6.35. The minimum absolute atomic E-state index is 0.0288. The Balaban J connectivity index is 3.00. The maximum atomic E-state index is 6.35. The summed E-state index contributed by atoms with van der Waals surface area (Å²) in [5.74, 6) is 0. The predicted molar refractivity (Wildman–Crippen MR) is 97.0 cm³/mol. The standard InChI is InChI=1S/C19H34OSi/c1-13-14(2)16(4)18(17(5)15(13)3)11-12-21(9,10)20-19(6,7)8/h11-12H2,1-10H3. The summed E-state index contributed by atoms with van der Waals surface area (Å²) in [5, 5.41) is 0. The van der Waals surface area contributed by atoms with Crippen LogP contribution in [0.1, 0.15) is 54.2 Å². The summed E-state index contributed by atoms with van der Waals surface area (Å²) in [6.45, 7) is 22.5. The highest BCUT2D eigenvalue weighted by Gasteiger charge is 2.28. The van der Waals surface area contributed by atoms with E-state index in [4.69, 9.17) is 4.43 Å². The van der Waals surface area contributed by atoms with E-state index in [9.17, 15) is 0 Å². The van der Waals surface area contributed by atoms with Crippen molar-refractivity contribution in [3.8, 4) is 0 Å². The van der Waals surface area contributed by atoms with Gasteiger partial charge in [-0.2, -0.15) is 0 Å². The molecule has 0 saturated carbocycles. The van der Waals surface area contributed by atoms with Crippen LogP contribution in [0.25, 0.3) is 0 Å². The summed E-state index contributed by atoms with van der Waals surface area (Å²) in [5.41, 5.74) is 8.87. The van der Waals surface area contributed by atoms with Gasteiger partial charge in [0.15, 0.2) is 8.32 Å². The minimum Gasteiger partial charge on any atom is -0.413 e. The first-order valence-electron chi connectivity index (χ1n) is 8.12. The first kappa shape index (κ1) is 18.4. The fourth-order valence-corrected chi connectivity index (χ4v) is 5.87. The molecule has 0 aliphatic carbocycles. The van der Waals surface area contributed by atoms with Crippen LogP contribution in [-0.4, -0.2) is 13.9 Å². The minimum atomic E-state index is -1.62. The molecule has 0 aliphatic heterocycles. The third-order valence-corrected chi connectivity index (χ3v) is 7.33. The highest BCUT2D eigenvalue weighted by molar-refractivity contribution is 6.71. The lowest BCUT2D eigenvalue weighted by molar-refractivity contribution is 0.120. The number of benzene rings is 1. The van der Waals surface area contributed by atoms with Gasteiger partial charge in [-0.3, -0.25) is 0 Å². The average molecular weight is 307 g/mol. The van der Waals surface area contributed by atoms with Gasteiger partial charge in [0.25, 0.3) is 0 Å². The third kappa shape index (κ3) is 4.69. The third-order valence-electron chi connectivity index (χ3n) is 4.71. The van der Waals surface area contributed by atoms with Crippen molar-refractivity contribution < 1.29 is 4.43 Å². The van der Waals surface area contributed by atoms with Gasteiger partial charge in [-0.15, -0.1) is 0 Å². The Morgan fingerprint density at radius 1 is 0.762 bits per heavy atom.